The molecule has 0 N–H and O–H groups in total. The first-order valence-corrected chi connectivity index (χ1v) is 7.28. The predicted molar refractivity (Wildman–Crippen MR) is 79.9 cm³/mol. The third-order valence-corrected chi connectivity index (χ3v) is 3.72. The van der Waals surface area contributed by atoms with Crippen molar-refractivity contribution < 1.29 is 4.74 Å². The fourth-order valence-electron chi connectivity index (χ4n) is 1.47. The van der Waals surface area contributed by atoms with Gasteiger partial charge in [0.15, 0.2) is 0 Å². The molecule has 0 unspecified atom stereocenters. The molecular weight excluding hydrogens is 335 g/mol. The zero-order valence-electron chi connectivity index (χ0n) is 9.50. The second-order valence-corrected chi connectivity index (χ2v) is 5.21. The third kappa shape index (κ3) is 3.64. The van der Waals surface area contributed by atoms with Crippen LogP contribution in [-0.4, -0.2) is 0 Å². The van der Waals surface area contributed by atoms with Gasteiger partial charge in [-0.05, 0) is 29.8 Å². The highest BCUT2D eigenvalue weighted by molar-refractivity contribution is 9.08. The van der Waals surface area contributed by atoms with Gasteiger partial charge in [0, 0.05) is 20.9 Å². The highest BCUT2D eigenvalue weighted by atomic mass is 79.9. The SMILES string of the molecule is Clc1ccc(COc2ccc(CBr)cc2)c(Cl)c1. The summed E-state index contributed by atoms with van der Waals surface area (Å²) in [6.07, 6.45) is 0. The number of benzene rings is 2. The molecule has 0 fully saturated rings. The van der Waals surface area contributed by atoms with Crippen molar-refractivity contribution in [2.75, 3.05) is 0 Å². The zero-order chi connectivity index (χ0) is 13.0. The lowest BCUT2D eigenvalue weighted by molar-refractivity contribution is 0.306. The Kier molecular flexibility index (Phi) is 4.93. The van der Waals surface area contributed by atoms with Crippen molar-refractivity contribution in [1.29, 1.82) is 0 Å². The maximum Gasteiger partial charge on any atom is 0.119 e. The molecule has 0 bridgehead atoms. The first-order chi connectivity index (χ1) is 8.69. The second-order valence-electron chi connectivity index (χ2n) is 3.80. The molecule has 4 heteroatoms. The molecule has 0 amide bonds. The van der Waals surface area contributed by atoms with Crippen molar-refractivity contribution in [3.8, 4) is 5.75 Å². The van der Waals surface area contributed by atoms with E-state index in [4.69, 9.17) is 27.9 Å². The van der Waals surface area contributed by atoms with Gasteiger partial charge in [-0.25, -0.2) is 0 Å². The molecular formula is C14H11BrCl2O. The molecule has 0 radical (unpaired) electrons. The van der Waals surface area contributed by atoms with Gasteiger partial charge >= 0.3 is 0 Å². The number of halogens is 3. The molecule has 0 aliphatic heterocycles. The van der Waals surface area contributed by atoms with Gasteiger partial charge in [0.05, 0.1) is 0 Å². The number of alkyl halides is 1. The van der Waals surface area contributed by atoms with Crippen molar-refractivity contribution >= 4 is 39.1 Å². The highest BCUT2D eigenvalue weighted by Gasteiger charge is 2.02. The summed E-state index contributed by atoms with van der Waals surface area (Å²) in [5, 5.41) is 2.10. The van der Waals surface area contributed by atoms with Gasteiger partial charge in [0.1, 0.15) is 12.4 Å². The zero-order valence-corrected chi connectivity index (χ0v) is 12.6. The minimum absolute atomic E-state index is 0.434. The standard InChI is InChI=1S/C14H11BrCl2O/c15-8-10-1-5-13(6-2-10)18-9-11-3-4-12(16)7-14(11)17/h1-7H,8-9H2. The van der Waals surface area contributed by atoms with E-state index in [1.807, 2.05) is 30.3 Å². The third-order valence-electron chi connectivity index (χ3n) is 2.49. The molecule has 1 nitrogen and oxygen atoms in total. The van der Waals surface area contributed by atoms with Crippen LogP contribution in [0.1, 0.15) is 11.1 Å². The Morgan fingerprint density at radius 1 is 1.00 bits per heavy atom. The minimum atomic E-state index is 0.434. The van der Waals surface area contributed by atoms with Crippen molar-refractivity contribution in [1.82, 2.24) is 0 Å². The number of hydrogen-bond donors (Lipinski definition) is 0. The van der Waals surface area contributed by atoms with Gasteiger partial charge in [0.25, 0.3) is 0 Å². The fraction of sp³-hybridized carbons (Fsp3) is 0.143. The minimum Gasteiger partial charge on any atom is -0.489 e. The first-order valence-electron chi connectivity index (χ1n) is 5.40. The summed E-state index contributed by atoms with van der Waals surface area (Å²) < 4.78 is 5.67. The van der Waals surface area contributed by atoms with Crippen LogP contribution in [-0.2, 0) is 11.9 Å². The lowest BCUT2D eigenvalue weighted by Crippen LogP contribution is -1.96. The maximum absolute atomic E-state index is 6.07. The van der Waals surface area contributed by atoms with Gasteiger partial charge in [-0.2, -0.15) is 0 Å². The fourth-order valence-corrected chi connectivity index (χ4v) is 2.31. The van der Waals surface area contributed by atoms with E-state index < -0.39 is 0 Å². The van der Waals surface area contributed by atoms with E-state index in [0.717, 1.165) is 16.6 Å². The Hall–Kier alpha value is -0.700. The van der Waals surface area contributed by atoms with E-state index in [2.05, 4.69) is 15.9 Å². The lowest BCUT2D eigenvalue weighted by atomic mass is 10.2. The molecule has 18 heavy (non-hydrogen) atoms. The summed E-state index contributed by atoms with van der Waals surface area (Å²) in [5.74, 6) is 0.825. The van der Waals surface area contributed by atoms with E-state index in [9.17, 15) is 0 Å². The molecule has 94 valence electrons. The van der Waals surface area contributed by atoms with Crippen LogP contribution in [0.15, 0.2) is 42.5 Å². The van der Waals surface area contributed by atoms with Crippen LogP contribution in [0.3, 0.4) is 0 Å². The molecule has 0 saturated heterocycles. The van der Waals surface area contributed by atoms with E-state index >= 15 is 0 Å². The summed E-state index contributed by atoms with van der Waals surface area (Å²) in [5.41, 5.74) is 2.14. The molecule has 0 atom stereocenters. The summed E-state index contributed by atoms with van der Waals surface area (Å²) in [4.78, 5) is 0. The van der Waals surface area contributed by atoms with E-state index in [1.165, 1.54) is 5.56 Å². The van der Waals surface area contributed by atoms with Crippen molar-refractivity contribution in [2.24, 2.45) is 0 Å². The molecule has 0 aliphatic rings. The summed E-state index contributed by atoms with van der Waals surface area (Å²) in [7, 11) is 0. The van der Waals surface area contributed by atoms with Crippen molar-refractivity contribution in [3.05, 3.63) is 63.6 Å². The normalized spacial score (nSPS) is 10.4. The Balaban J connectivity index is 2.02. The number of ether oxygens (including phenoxy) is 1. The molecule has 0 aliphatic carbocycles. The van der Waals surface area contributed by atoms with Crippen LogP contribution >= 0.6 is 39.1 Å². The number of rotatable bonds is 4. The molecule has 2 aromatic carbocycles. The van der Waals surface area contributed by atoms with Crippen LogP contribution in [0.4, 0.5) is 0 Å². The monoisotopic (exact) mass is 344 g/mol. The van der Waals surface area contributed by atoms with Gasteiger partial charge in [-0.15, -0.1) is 0 Å². The Morgan fingerprint density at radius 2 is 1.72 bits per heavy atom. The highest BCUT2D eigenvalue weighted by Crippen LogP contribution is 2.23. The van der Waals surface area contributed by atoms with Crippen LogP contribution in [0.5, 0.6) is 5.75 Å². The number of hydrogen-bond acceptors (Lipinski definition) is 1. The van der Waals surface area contributed by atoms with Crippen LogP contribution in [0.2, 0.25) is 10.0 Å². The predicted octanol–water partition coefficient (Wildman–Crippen LogP) is 5.47. The van der Waals surface area contributed by atoms with E-state index in [0.29, 0.717) is 16.7 Å². The second kappa shape index (κ2) is 6.46. The molecule has 2 aromatic rings. The van der Waals surface area contributed by atoms with Crippen LogP contribution in [0, 0.1) is 0 Å². The average molecular weight is 346 g/mol. The van der Waals surface area contributed by atoms with Crippen LogP contribution < -0.4 is 4.74 Å². The largest absolute Gasteiger partial charge is 0.489 e. The van der Waals surface area contributed by atoms with Crippen molar-refractivity contribution in [3.63, 3.8) is 0 Å². The molecule has 0 aromatic heterocycles. The summed E-state index contributed by atoms with van der Waals surface area (Å²) >= 11 is 15.3. The topological polar surface area (TPSA) is 9.23 Å². The van der Waals surface area contributed by atoms with Gasteiger partial charge in [0.2, 0.25) is 0 Å². The van der Waals surface area contributed by atoms with Gasteiger partial charge in [-0.1, -0.05) is 57.3 Å². The maximum atomic E-state index is 6.07. The van der Waals surface area contributed by atoms with E-state index in [1.54, 1.807) is 12.1 Å². The Bertz CT molecular complexity index is 526. The molecule has 0 saturated carbocycles. The summed E-state index contributed by atoms with van der Waals surface area (Å²) in [6.45, 7) is 0.434. The van der Waals surface area contributed by atoms with Crippen molar-refractivity contribution in [2.45, 2.75) is 11.9 Å². The summed E-state index contributed by atoms with van der Waals surface area (Å²) in [6, 6.07) is 13.3. The van der Waals surface area contributed by atoms with Crippen LogP contribution in [0.25, 0.3) is 0 Å². The quantitative estimate of drug-likeness (QED) is 0.668. The average Bonchev–Trinajstić information content (AvgIpc) is 2.38. The lowest BCUT2D eigenvalue weighted by Gasteiger charge is -2.08. The molecule has 0 spiro atoms. The van der Waals surface area contributed by atoms with E-state index in [-0.39, 0.29) is 0 Å². The smallest absolute Gasteiger partial charge is 0.119 e. The molecule has 0 heterocycles. The molecule has 2 rings (SSSR count). The van der Waals surface area contributed by atoms with Gasteiger partial charge in [-0.3, -0.25) is 0 Å². The Morgan fingerprint density at radius 3 is 2.33 bits per heavy atom. The van der Waals surface area contributed by atoms with Gasteiger partial charge < -0.3 is 4.74 Å². The Labute approximate surface area is 125 Å². The first kappa shape index (κ1) is 13.7.